The van der Waals surface area contributed by atoms with Crippen LogP contribution in [0.2, 0.25) is 0 Å². The number of hydrogen-bond acceptors (Lipinski definition) is 12. The lowest BCUT2D eigenvalue weighted by molar-refractivity contribution is 0.0526. The minimum absolute atomic E-state index is 0.129. The number of ether oxygens (including phenoxy) is 2. The van der Waals surface area contributed by atoms with Gasteiger partial charge in [-0.05, 0) is 39.8 Å². The van der Waals surface area contributed by atoms with Gasteiger partial charge in [0.15, 0.2) is 17.4 Å². The first kappa shape index (κ1) is 29.0. The van der Waals surface area contributed by atoms with Gasteiger partial charge in [-0.25, -0.2) is 19.4 Å². The van der Waals surface area contributed by atoms with Crippen molar-refractivity contribution in [3.8, 4) is 17.1 Å². The Kier molecular flexibility index (Phi) is 8.23. The van der Waals surface area contributed by atoms with E-state index in [1.807, 2.05) is 54.7 Å². The number of aryl methyl sites for hydroxylation is 1. The van der Waals surface area contributed by atoms with Gasteiger partial charge in [-0.3, -0.25) is 14.3 Å². The number of carbonyl (C=O) groups excluding carboxylic acids is 1. The molecule has 0 fully saturated rings. The van der Waals surface area contributed by atoms with E-state index in [2.05, 4.69) is 30.6 Å². The zero-order valence-corrected chi connectivity index (χ0v) is 24.8. The molecule has 0 saturated heterocycles. The number of para-hydroxylation sites is 1. The molecule has 5 rings (SSSR count). The van der Waals surface area contributed by atoms with Crippen molar-refractivity contribution in [3.05, 3.63) is 61.1 Å². The number of nitrogens with one attached hydrogen (secondary N) is 1. The van der Waals surface area contributed by atoms with Crippen molar-refractivity contribution >= 4 is 34.8 Å². The van der Waals surface area contributed by atoms with Gasteiger partial charge in [0.25, 0.3) is 0 Å². The molecule has 5 aromatic rings. The lowest BCUT2D eigenvalue weighted by Crippen LogP contribution is -2.28. The molecule has 4 heterocycles. The second-order valence-electron chi connectivity index (χ2n) is 9.93. The number of nitrogens with zero attached hydrogens (tertiary/aromatic N) is 10. The average molecular weight is 587 g/mol. The molecule has 1 atom stereocenters. The van der Waals surface area contributed by atoms with Gasteiger partial charge in [0.1, 0.15) is 18.1 Å². The second kappa shape index (κ2) is 12.2. The fourth-order valence-electron chi connectivity index (χ4n) is 4.47. The third-order valence-corrected chi connectivity index (χ3v) is 6.57. The number of anilines is 5. The Morgan fingerprint density at radius 1 is 1.09 bits per heavy atom. The van der Waals surface area contributed by atoms with Crippen molar-refractivity contribution in [2.75, 3.05) is 29.7 Å². The van der Waals surface area contributed by atoms with Crippen molar-refractivity contribution in [1.82, 2.24) is 44.3 Å². The fraction of sp³-hybridized carbons (Fsp3) is 0.321. The maximum atomic E-state index is 13.0. The number of nitrogens with two attached hydrogens (primary N) is 1. The lowest BCUT2D eigenvalue weighted by atomic mass is 10.1. The van der Waals surface area contributed by atoms with Crippen molar-refractivity contribution in [2.45, 2.75) is 39.9 Å². The summed E-state index contributed by atoms with van der Waals surface area (Å²) in [6, 6.07) is 5.62. The van der Waals surface area contributed by atoms with Gasteiger partial charge < -0.3 is 20.5 Å². The molecule has 0 aliphatic heterocycles. The van der Waals surface area contributed by atoms with Crippen molar-refractivity contribution in [2.24, 2.45) is 7.05 Å². The molecule has 0 aliphatic carbocycles. The molecule has 224 valence electrons. The maximum absolute atomic E-state index is 13.0. The Morgan fingerprint density at radius 2 is 1.88 bits per heavy atom. The molecular weight excluding hydrogens is 552 g/mol. The quantitative estimate of drug-likeness (QED) is 0.213. The Labute approximate surface area is 248 Å². The molecule has 1 aromatic carbocycles. The SMILES string of the molecule is CCOC(=O)c1cnc(N(c2cnn(C(C)C)c2)C(C)n2cc(N)cn2)nc1Nc1cccc(-c2ncn(C)n2)c1OC. The predicted molar refractivity (Wildman–Crippen MR) is 160 cm³/mol. The van der Waals surface area contributed by atoms with Crippen molar-refractivity contribution < 1.29 is 14.3 Å². The molecule has 0 amide bonds. The molecule has 43 heavy (non-hydrogen) atoms. The number of rotatable bonds is 11. The Bertz CT molecular complexity index is 1720. The molecule has 0 spiro atoms. The molecule has 0 radical (unpaired) electrons. The Morgan fingerprint density at radius 3 is 2.51 bits per heavy atom. The minimum Gasteiger partial charge on any atom is -0.494 e. The summed E-state index contributed by atoms with van der Waals surface area (Å²) in [5, 5.41) is 16.6. The van der Waals surface area contributed by atoms with E-state index in [1.165, 1.54) is 6.20 Å². The zero-order valence-electron chi connectivity index (χ0n) is 24.8. The maximum Gasteiger partial charge on any atom is 0.343 e. The van der Waals surface area contributed by atoms with Crippen LogP contribution in [0.15, 0.2) is 55.5 Å². The van der Waals surface area contributed by atoms with Crippen LogP contribution in [-0.2, 0) is 11.8 Å². The van der Waals surface area contributed by atoms with Gasteiger partial charge in [-0.2, -0.15) is 20.3 Å². The highest BCUT2D eigenvalue weighted by molar-refractivity contribution is 5.96. The molecule has 15 heteroatoms. The highest BCUT2D eigenvalue weighted by Gasteiger charge is 2.27. The molecule has 0 bridgehead atoms. The van der Waals surface area contributed by atoms with E-state index >= 15 is 0 Å². The number of nitrogen functional groups attached to an aromatic ring is 1. The van der Waals surface area contributed by atoms with Crippen LogP contribution in [-0.4, -0.2) is 64.0 Å². The minimum atomic E-state index is -0.579. The largest absolute Gasteiger partial charge is 0.494 e. The summed E-state index contributed by atoms with van der Waals surface area (Å²) >= 11 is 0. The van der Waals surface area contributed by atoms with Gasteiger partial charge in [-0.15, -0.1) is 0 Å². The normalized spacial score (nSPS) is 11.9. The van der Waals surface area contributed by atoms with Crippen LogP contribution in [0.25, 0.3) is 11.4 Å². The van der Waals surface area contributed by atoms with Gasteiger partial charge in [0.05, 0.1) is 54.9 Å². The van der Waals surface area contributed by atoms with E-state index in [-0.39, 0.29) is 30.0 Å². The molecule has 4 aromatic heterocycles. The summed E-state index contributed by atoms with van der Waals surface area (Å²) in [5.74, 6) is 0.866. The molecular formula is C28H34N12O3. The molecule has 0 saturated carbocycles. The van der Waals surface area contributed by atoms with Crippen LogP contribution in [0.4, 0.5) is 28.8 Å². The molecule has 15 nitrogen and oxygen atoms in total. The van der Waals surface area contributed by atoms with E-state index in [4.69, 9.17) is 20.2 Å². The summed E-state index contributed by atoms with van der Waals surface area (Å²) in [5.41, 5.74) is 8.55. The van der Waals surface area contributed by atoms with E-state index in [9.17, 15) is 4.79 Å². The van der Waals surface area contributed by atoms with Crippen LogP contribution in [0.5, 0.6) is 5.75 Å². The topological polar surface area (TPSA) is 169 Å². The first-order chi connectivity index (χ1) is 20.7. The van der Waals surface area contributed by atoms with Crippen molar-refractivity contribution in [3.63, 3.8) is 0 Å². The highest BCUT2D eigenvalue weighted by atomic mass is 16.5. The summed E-state index contributed by atoms with van der Waals surface area (Å²) in [6.07, 6.45) is 9.54. The van der Waals surface area contributed by atoms with Crippen LogP contribution in [0.3, 0.4) is 0 Å². The number of benzene rings is 1. The van der Waals surface area contributed by atoms with Crippen LogP contribution < -0.4 is 20.7 Å². The van der Waals surface area contributed by atoms with Gasteiger partial charge >= 0.3 is 5.97 Å². The summed E-state index contributed by atoms with van der Waals surface area (Å²) in [6.45, 7) is 7.92. The van der Waals surface area contributed by atoms with Gasteiger partial charge in [0.2, 0.25) is 5.95 Å². The van der Waals surface area contributed by atoms with Crippen molar-refractivity contribution in [1.29, 1.82) is 0 Å². The van der Waals surface area contributed by atoms with E-state index in [0.29, 0.717) is 34.2 Å². The summed E-state index contributed by atoms with van der Waals surface area (Å²) in [7, 11) is 3.34. The number of hydrogen-bond donors (Lipinski definition) is 2. The fourth-order valence-corrected chi connectivity index (χ4v) is 4.47. The number of esters is 1. The third-order valence-electron chi connectivity index (χ3n) is 6.57. The molecule has 1 unspecified atom stereocenters. The number of methoxy groups -OCH3 is 1. The number of aromatic nitrogens is 9. The first-order valence-corrected chi connectivity index (χ1v) is 13.7. The highest BCUT2D eigenvalue weighted by Crippen LogP contribution is 2.38. The summed E-state index contributed by atoms with van der Waals surface area (Å²) < 4.78 is 16.2. The smallest absolute Gasteiger partial charge is 0.343 e. The van der Waals surface area contributed by atoms with Crippen LogP contribution in [0, 0.1) is 0 Å². The van der Waals surface area contributed by atoms with Gasteiger partial charge in [0, 0.05) is 25.5 Å². The molecule has 0 aliphatic rings. The predicted octanol–water partition coefficient (Wildman–Crippen LogP) is 4.11. The second-order valence-corrected chi connectivity index (χ2v) is 9.93. The standard InChI is InChI=1S/C28H34N12O3/c1-7-43-27(41)22-13-30-28(40(18(4)39-14-19(29)11-32-39)20-12-33-38(15-20)17(2)3)35-26(22)34-23-10-8-9-21(24(23)42-6)25-31-16-37(5)36-25/h8-18H,7,29H2,1-6H3,(H,30,34,35). The zero-order chi connectivity index (χ0) is 30.7. The lowest BCUT2D eigenvalue weighted by Gasteiger charge is -2.28. The Hall–Kier alpha value is -5.47. The summed E-state index contributed by atoms with van der Waals surface area (Å²) in [4.78, 5) is 28.7. The van der Waals surface area contributed by atoms with E-state index < -0.39 is 12.1 Å². The number of carbonyl (C=O) groups is 1. The molecule has 3 N–H and O–H groups in total. The Balaban J connectivity index is 1.63. The monoisotopic (exact) mass is 586 g/mol. The first-order valence-electron chi connectivity index (χ1n) is 13.7. The van der Waals surface area contributed by atoms with Crippen LogP contribution in [0.1, 0.15) is 50.3 Å². The average Bonchev–Trinajstić information content (AvgIpc) is 3.75. The van der Waals surface area contributed by atoms with Gasteiger partial charge in [-0.1, -0.05) is 6.07 Å². The third kappa shape index (κ3) is 5.95. The van der Waals surface area contributed by atoms with E-state index in [0.717, 1.165) is 0 Å². The van der Waals surface area contributed by atoms with E-state index in [1.54, 1.807) is 55.4 Å². The van der Waals surface area contributed by atoms with Crippen LogP contribution >= 0.6 is 0 Å².